The fraction of sp³-hybridized carbons (Fsp3) is 0.579. The Bertz CT molecular complexity index is 765. The molecule has 1 aromatic rings. The second-order valence-electron chi connectivity index (χ2n) is 7.30. The number of halogens is 3. The summed E-state index contributed by atoms with van der Waals surface area (Å²) in [7, 11) is 0. The summed E-state index contributed by atoms with van der Waals surface area (Å²) in [6.07, 6.45) is -6.57. The predicted molar refractivity (Wildman–Crippen MR) is 95.8 cm³/mol. The van der Waals surface area contributed by atoms with E-state index in [0.29, 0.717) is 31.9 Å². The van der Waals surface area contributed by atoms with Gasteiger partial charge in [-0.3, -0.25) is 0 Å². The molecule has 2 fully saturated rings. The van der Waals surface area contributed by atoms with Crippen LogP contribution >= 0.6 is 0 Å². The fourth-order valence-corrected chi connectivity index (χ4v) is 3.83. The normalized spacial score (nSPS) is 23.0. The van der Waals surface area contributed by atoms with Gasteiger partial charge in [0.2, 0.25) is 0 Å². The first kappa shape index (κ1) is 21.2. The molecule has 2 unspecified atom stereocenters. The van der Waals surface area contributed by atoms with Crippen molar-refractivity contribution in [1.29, 1.82) is 0 Å². The van der Waals surface area contributed by atoms with Gasteiger partial charge in [0.05, 0.1) is 25.3 Å². The number of carbonyl (C=O) groups is 2. The summed E-state index contributed by atoms with van der Waals surface area (Å²) in [5.74, 6) is -0.472. The third-order valence-corrected chi connectivity index (χ3v) is 5.27. The van der Waals surface area contributed by atoms with Gasteiger partial charge in [0.1, 0.15) is 6.10 Å². The lowest BCUT2D eigenvalue weighted by atomic mass is 9.87. The first-order valence-electron chi connectivity index (χ1n) is 9.34. The highest BCUT2D eigenvalue weighted by molar-refractivity contribution is 5.75. The Kier molecular flexibility index (Phi) is 6.21. The molecule has 10 heteroatoms. The Balaban J connectivity index is 1.85. The number of morpholine rings is 1. The van der Waals surface area contributed by atoms with Crippen LogP contribution in [0.3, 0.4) is 0 Å². The summed E-state index contributed by atoms with van der Waals surface area (Å²) in [5, 5.41) is 8.98. The van der Waals surface area contributed by atoms with Crippen molar-refractivity contribution >= 4 is 12.2 Å². The number of benzene rings is 1. The first-order valence-corrected chi connectivity index (χ1v) is 9.34. The van der Waals surface area contributed by atoms with Crippen LogP contribution < -0.4 is 0 Å². The molecular formula is C19H23F3N2O5. The zero-order chi connectivity index (χ0) is 21.2. The number of hydrogen-bond acceptors (Lipinski definition) is 4. The molecule has 0 spiro atoms. The van der Waals surface area contributed by atoms with Crippen LogP contribution in [0.2, 0.25) is 0 Å². The number of likely N-dealkylation sites (tertiary alicyclic amines) is 1. The number of piperidine rings is 1. The maximum absolute atomic E-state index is 13.3. The van der Waals surface area contributed by atoms with Crippen LogP contribution in [-0.4, -0.2) is 72.6 Å². The van der Waals surface area contributed by atoms with Gasteiger partial charge in [-0.2, -0.15) is 13.2 Å². The number of alkyl halides is 3. The van der Waals surface area contributed by atoms with E-state index in [0.717, 1.165) is 6.07 Å². The topological polar surface area (TPSA) is 79.3 Å². The Morgan fingerprint density at radius 1 is 1.17 bits per heavy atom. The van der Waals surface area contributed by atoms with Crippen molar-refractivity contribution in [3.8, 4) is 0 Å². The van der Waals surface area contributed by atoms with Crippen molar-refractivity contribution < 1.29 is 37.3 Å². The average Bonchev–Trinajstić information content (AvgIpc) is 2.66. The molecule has 2 atom stereocenters. The van der Waals surface area contributed by atoms with E-state index < -0.39 is 29.9 Å². The molecule has 0 radical (unpaired) electrons. The molecule has 0 bridgehead atoms. The smallest absolute Gasteiger partial charge is 0.450 e. The average molecular weight is 416 g/mol. The van der Waals surface area contributed by atoms with Crippen molar-refractivity contribution in [2.75, 3.05) is 39.4 Å². The van der Waals surface area contributed by atoms with Gasteiger partial charge < -0.3 is 24.4 Å². The number of amides is 2. The Hall–Kier alpha value is -2.49. The van der Waals surface area contributed by atoms with E-state index in [1.807, 2.05) is 0 Å². The van der Waals surface area contributed by atoms with Crippen LogP contribution in [0, 0.1) is 6.92 Å². The van der Waals surface area contributed by atoms with Crippen LogP contribution in [0.4, 0.5) is 22.8 Å². The maximum atomic E-state index is 13.3. The minimum absolute atomic E-state index is 0.0664. The van der Waals surface area contributed by atoms with E-state index in [4.69, 9.17) is 14.6 Å². The molecule has 160 valence electrons. The lowest BCUT2D eigenvalue weighted by Gasteiger charge is -2.40. The van der Waals surface area contributed by atoms with Crippen molar-refractivity contribution in [3.63, 3.8) is 0 Å². The number of carboxylic acid groups (broad SMARTS) is 1. The Morgan fingerprint density at radius 2 is 1.86 bits per heavy atom. The number of hydrogen-bond donors (Lipinski definition) is 1. The third kappa shape index (κ3) is 5.11. The van der Waals surface area contributed by atoms with Gasteiger partial charge in [-0.1, -0.05) is 12.1 Å². The van der Waals surface area contributed by atoms with E-state index in [-0.39, 0.29) is 31.1 Å². The minimum atomic E-state index is -4.49. The van der Waals surface area contributed by atoms with E-state index >= 15 is 0 Å². The zero-order valence-electron chi connectivity index (χ0n) is 15.9. The van der Waals surface area contributed by atoms with Crippen LogP contribution in [0.5, 0.6) is 0 Å². The maximum Gasteiger partial charge on any atom is 0.506 e. The molecule has 29 heavy (non-hydrogen) atoms. The van der Waals surface area contributed by atoms with Gasteiger partial charge in [-0.15, -0.1) is 0 Å². The van der Waals surface area contributed by atoms with Crippen LogP contribution in [0.15, 0.2) is 18.2 Å². The zero-order valence-corrected chi connectivity index (χ0v) is 15.9. The van der Waals surface area contributed by atoms with Crippen molar-refractivity contribution in [3.05, 3.63) is 34.9 Å². The Labute approximate surface area is 166 Å². The molecule has 2 saturated heterocycles. The molecular weight excluding hydrogens is 393 g/mol. The summed E-state index contributed by atoms with van der Waals surface area (Å²) < 4.78 is 50.0. The van der Waals surface area contributed by atoms with Gasteiger partial charge in [0, 0.05) is 25.6 Å². The second-order valence-corrected chi connectivity index (χ2v) is 7.30. The molecule has 2 heterocycles. The van der Waals surface area contributed by atoms with E-state index in [1.165, 1.54) is 17.9 Å². The third-order valence-electron chi connectivity index (χ3n) is 5.27. The highest BCUT2D eigenvalue weighted by Crippen LogP contribution is 2.36. The molecule has 2 aliphatic rings. The molecule has 0 saturated carbocycles. The van der Waals surface area contributed by atoms with Crippen molar-refractivity contribution in [2.24, 2.45) is 0 Å². The molecule has 1 aromatic carbocycles. The highest BCUT2D eigenvalue weighted by Gasteiger charge is 2.37. The first-order chi connectivity index (χ1) is 13.6. The van der Waals surface area contributed by atoms with Gasteiger partial charge in [-0.05, 0) is 30.5 Å². The number of ether oxygens (including phenoxy) is 2. The molecule has 7 nitrogen and oxygen atoms in total. The summed E-state index contributed by atoms with van der Waals surface area (Å²) in [5.41, 5.74) is -0.222. The summed E-state index contributed by atoms with van der Waals surface area (Å²) in [4.78, 5) is 26.9. The number of aryl methyl sites for hydroxylation is 1. The second kappa shape index (κ2) is 8.48. The number of carbonyl (C=O) groups excluding carboxylic acids is 1. The minimum Gasteiger partial charge on any atom is -0.450 e. The molecule has 3 rings (SSSR count). The molecule has 2 aliphatic heterocycles. The van der Waals surface area contributed by atoms with Gasteiger partial charge in [0.25, 0.3) is 0 Å². The van der Waals surface area contributed by atoms with Crippen LogP contribution in [0.25, 0.3) is 0 Å². The Morgan fingerprint density at radius 3 is 2.48 bits per heavy atom. The quantitative estimate of drug-likeness (QED) is 0.749. The highest BCUT2D eigenvalue weighted by atomic mass is 19.4. The summed E-state index contributed by atoms with van der Waals surface area (Å²) >= 11 is 0. The predicted octanol–water partition coefficient (Wildman–Crippen LogP) is 3.32. The lowest BCUT2D eigenvalue weighted by Crippen LogP contribution is -2.54. The van der Waals surface area contributed by atoms with Crippen molar-refractivity contribution in [2.45, 2.75) is 31.5 Å². The lowest BCUT2D eigenvalue weighted by molar-refractivity contribution is -0.138. The van der Waals surface area contributed by atoms with E-state index in [9.17, 15) is 22.8 Å². The molecule has 0 aliphatic carbocycles. The summed E-state index contributed by atoms with van der Waals surface area (Å²) in [6.45, 7) is 3.28. The van der Waals surface area contributed by atoms with Crippen LogP contribution in [-0.2, 0) is 15.7 Å². The van der Waals surface area contributed by atoms with Crippen molar-refractivity contribution in [1.82, 2.24) is 9.80 Å². The molecule has 1 N–H and O–H groups in total. The van der Waals surface area contributed by atoms with Gasteiger partial charge >= 0.3 is 18.4 Å². The largest absolute Gasteiger partial charge is 0.506 e. The van der Waals surface area contributed by atoms with Gasteiger partial charge in [0.15, 0.2) is 0 Å². The molecule has 2 amide bonds. The van der Waals surface area contributed by atoms with Gasteiger partial charge in [-0.25, -0.2) is 9.59 Å². The number of rotatable bonds is 2. The van der Waals surface area contributed by atoms with E-state index in [1.54, 1.807) is 11.0 Å². The van der Waals surface area contributed by atoms with Crippen LogP contribution in [0.1, 0.15) is 29.0 Å². The summed E-state index contributed by atoms with van der Waals surface area (Å²) in [6, 6.07) is 3.78. The number of nitrogens with zero attached hydrogens (tertiary/aromatic N) is 2. The SMILES string of the molecule is Cc1ccc(C2CC(OC(=O)O)CN(C(=O)N3CCOCC3)C2)cc1C(F)(F)F. The standard InChI is InChI=1S/C19H23F3N2O5/c1-12-2-3-13(9-16(12)19(20,21)22)14-8-15(29-18(26)27)11-24(10-14)17(25)23-4-6-28-7-5-23/h2-3,9,14-15H,4-8,10-11H2,1H3,(H,26,27). The number of urea groups is 1. The van der Waals surface area contributed by atoms with E-state index in [2.05, 4.69) is 0 Å². The fourth-order valence-electron chi connectivity index (χ4n) is 3.83. The molecule has 0 aromatic heterocycles. The monoisotopic (exact) mass is 416 g/mol.